The second-order valence-electron chi connectivity index (χ2n) is 4.57. The maximum Gasteiger partial charge on any atom is 0.250 e. The molecule has 1 aromatic heterocycles. The number of rotatable bonds is 4. The quantitative estimate of drug-likeness (QED) is 0.867. The standard InChI is InChI=1S/C13H20N2O2/c1-3-15-9-11(5-7-13(15)16)14-8-12-6-4-10(2)17-12/h5,7,9-10,12,14H,3-4,6,8H2,1-2H3. The van der Waals surface area contributed by atoms with Gasteiger partial charge in [0.1, 0.15) is 0 Å². The molecule has 1 saturated heterocycles. The van der Waals surface area contributed by atoms with Gasteiger partial charge in [-0.05, 0) is 32.8 Å². The Labute approximate surface area is 102 Å². The Balaban J connectivity index is 1.93. The number of anilines is 1. The van der Waals surface area contributed by atoms with Crippen molar-refractivity contribution in [2.45, 2.75) is 45.4 Å². The number of aryl methyl sites for hydroxylation is 1. The van der Waals surface area contributed by atoms with Gasteiger partial charge in [0.15, 0.2) is 0 Å². The summed E-state index contributed by atoms with van der Waals surface area (Å²) in [5.74, 6) is 0. The zero-order valence-corrected chi connectivity index (χ0v) is 10.5. The van der Waals surface area contributed by atoms with Crippen LogP contribution in [0.2, 0.25) is 0 Å². The third kappa shape index (κ3) is 3.09. The largest absolute Gasteiger partial charge is 0.381 e. The number of nitrogens with zero attached hydrogens (tertiary/aromatic N) is 1. The van der Waals surface area contributed by atoms with Crippen LogP contribution in [0.15, 0.2) is 23.1 Å². The monoisotopic (exact) mass is 236 g/mol. The van der Waals surface area contributed by atoms with Gasteiger partial charge >= 0.3 is 0 Å². The van der Waals surface area contributed by atoms with Crippen molar-refractivity contribution in [3.63, 3.8) is 0 Å². The van der Waals surface area contributed by atoms with Crippen LogP contribution in [0, 0.1) is 0 Å². The maximum absolute atomic E-state index is 11.4. The predicted octanol–water partition coefficient (Wildman–Crippen LogP) is 1.85. The third-order valence-electron chi connectivity index (χ3n) is 3.18. The second-order valence-corrected chi connectivity index (χ2v) is 4.57. The number of pyridine rings is 1. The van der Waals surface area contributed by atoms with Crippen LogP contribution in [-0.4, -0.2) is 23.3 Å². The third-order valence-corrected chi connectivity index (χ3v) is 3.18. The van der Waals surface area contributed by atoms with Crippen LogP contribution in [0.5, 0.6) is 0 Å². The number of aromatic nitrogens is 1. The summed E-state index contributed by atoms with van der Waals surface area (Å²) in [5, 5.41) is 3.32. The lowest BCUT2D eigenvalue weighted by atomic mass is 10.2. The van der Waals surface area contributed by atoms with Gasteiger partial charge in [-0.15, -0.1) is 0 Å². The molecule has 0 amide bonds. The van der Waals surface area contributed by atoms with Crippen molar-refractivity contribution in [1.82, 2.24) is 4.57 Å². The van der Waals surface area contributed by atoms with Crippen molar-refractivity contribution in [2.75, 3.05) is 11.9 Å². The topological polar surface area (TPSA) is 43.3 Å². The molecule has 94 valence electrons. The van der Waals surface area contributed by atoms with Crippen molar-refractivity contribution in [3.05, 3.63) is 28.7 Å². The Morgan fingerprint density at radius 3 is 2.94 bits per heavy atom. The fourth-order valence-corrected chi connectivity index (χ4v) is 2.15. The summed E-state index contributed by atoms with van der Waals surface area (Å²) in [7, 11) is 0. The van der Waals surface area contributed by atoms with Crippen molar-refractivity contribution in [2.24, 2.45) is 0 Å². The molecule has 0 saturated carbocycles. The first-order chi connectivity index (χ1) is 8.19. The Kier molecular flexibility index (Phi) is 3.84. The Morgan fingerprint density at radius 1 is 1.47 bits per heavy atom. The molecule has 0 bridgehead atoms. The molecule has 2 heterocycles. The van der Waals surface area contributed by atoms with Gasteiger partial charge < -0.3 is 14.6 Å². The van der Waals surface area contributed by atoms with Gasteiger partial charge in [0, 0.05) is 25.4 Å². The molecule has 0 aromatic carbocycles. The maximum atomic E-state index is 11.4. The minimum absolute atomic E-state index is 0.0452. The molecule has 0 spiro atoms. The molecule has 1 N–H and O–H groups in total. The van der Waals surface area contributed by atoms with Gasteiger partial charge in [-0.3, -0.25) is 4.79 Å². The second kappa shape index (κ2) is 5.36. The van der Waals surface area contributed by atoms with E-state index < -0.39 is 0 Å². The van der Waals surface area contributed by atoms with Crippen LogP contribution in [0.25, 0.3) is 0 Å². The molecule has 2 unspecified atom stereocenters. The smallest absolute Gasteiger partial charge is 0.250 e. The number of hydrogen-bond donors (Lipinski definition) is 1. The van der Waals surface area contributed by atoms with Crippen LogP contribution < -0.4 is 10.9 Å². The van der Waals surface area contributed by atoms with E-state index in [2.05, 4.69) is 12.2 Å². The van der Waals surface area contributed by atoms with Gasteiger partial charge in [-0.25, -0.2) is 0 Å². The molecule has 2 rings (SSSR count). The molecule has 1 fully saturated rings. The minimum Gasteiger partial charge on any atom is -0.381 e. The van der Waals surface area contributed by atoms with Gasteiger partial charge in [0.05, 0.1) is 17.9 Å². The molecule has 17 heavy (non-hydrogen) atoms. The lowest BCUT2D eigenvalue weighted by Crippen LogP contribution is -2.22. The summed E-state index contributed by atoms with van der Waals surface area (Å²) in [6, 6.07) is 3.43. The highest BCUT2D eigenvalue weighted by Gasteiger charge is 2.21. The summed E-state index contributed by atoms with van der Waals surface area (Å²) in [6.45, 7) is 5.59. The molecule has 4 heteroatoms. The Morgan fingerprint density at radius 2 is 2.29 bits per heavy atom. The minimum atomic E-state index is 0.0452. The van der Waals surface area contributed by atoms with Gasteiger partial charge in [0.2, 0.25) is 0 Å². The molecule has 0 aliphatic carbocycles. The fourth-order valence-electron chi connectivity index (χ4n) is 2.15. The van der Waals surface area contributed by atoms with Crippen molar-refractivity contribution in [1.29, 1.82) is 0 Å². The van der Waals surface area contributed by atoms with E-state index in [1.165, 1.54) is 0 Å². The van der Waals surface area contributed by atoms with E-state index in [4.69, 9.17) is 4.74 Å². The van der Waals surface area contributed by atoms with Gasteiger partial charge in [-0.1, -0.05) is 0 Å². The fraction of sp³-hybridized carbons (Fsp3) is 0.615. The molecule has 4 nitrogen and oxygen atoms in total. The van der Waals surface area contributed by atoms with E-state index in [0.717, 1.165) is 25.1 Å². The highest BCUT2D eigenvalue weighted by atomic mass is 16.5. The lowest BCUT2D eigenvalue weighted by molar-refractivity contribution is 0.0637. The van der Waals surface area contributed by atoms with E-state index in [-0.39, 0.29) is 5.56 Å². The molecule has 2 atom stereocenters. The summed E-state index contributed by atoms with van der Waals surface area (Å²) in [5.41, 5.74) is 1.03. The van der Waals surface area contributed by atoms with Crippen LogP contribution in [0.1, 0.15) is 26.7 Å². The highest BCUT2D eigenvalue weighted by Crippen LogP contribution is 2.19. The van der Waals surface area contributed by atoms with E-state index in [0.29, 0.717) is 18.8 Å². The zero-order chi connectivity index (χ0) is 12.3. The molecular formula is C13H20N2O2. The molecule has 0 radical (unpaired) electrons. The number of hydrogen-bond acceptors (Lipinski definition) is 3. The molecule has 1 aliphatic rings. The van der Waals surface area contributed by atoms with Gasteiger partial charge in [0.25, 0.3) is 5.56 Å². The Bertz CT molecular complexity index is 428. The van der Waals surface area contributed by atoms with Crippen LogP contribution in [0.4, 0.5) is 5.69 Å². The van der Waals surface area contributed by atoms with Crippen molar-refractivity contribution < 1.29 is 4.74 Å². The van der Waals surface area contributed by atoms with E-state index in [1.54, 1.807) is 10.6 Å². The van der Waals surface area contributed by atoms with Crippen LogP contribution in [0.3, 0.4) is 0 Å². The first-order valence-electron chi connectivity index (χ1n) is 6.29. The molecule has 1 aliphatic heterocycles. The number of nitrogens with one attached hydrogen (secondary N) is 1. The zero-order valence-electron chi connectivity index (χ0n) is 10.5. The van der Waals surface area contributed by atoms with Crippen molar-refractivity contribution in [3.8, 4) is 0 Å². The molecule has 1 aromatic rings. The average Bonchev–Trinajstić information content (AvgIpc) is 2.74. The van der Waals surface area contributed by atoms with Crippen LogP contribution >= 0.6 is 0 Å². The number of ether oxygens (including phenoxy) is 1. The highest BCUT2D eigenvalue weighted by molar-refractivity contribution is 5.40. The normalized spacial score (nSPS) is 23.9. The van der Waals surface area contributed by atoms with E-state index >= 15 is 0 Å². The SMILES string of the molecule is CCn1cc(NCC2CCC(C)O2)ccc1=O. The van der Waals surface area contributed by atoms with Crippen molar-refractivity contribution >= 4 is 5.69 Å². The molecular weight excluding hydrogens is 216 g/mol. The lowest BCUT2D eigenvalue weighted by Gasteiger charge is -2.14. The predicted molar refractivity (Wildman–Crippen MR) is 68.4 cm³/mol. The summed E-state index contributed by atoms with van der Waals surface area (Å²) < 4.78 is 7.43. The summed E-state index contributed by atoms with van der Waals surface area (Å²) in [6.07, 6.45) is 4.79. The Hall–Kier alpha value is -1.29. The van der Waals surface area contributed by atoms with E-state index in [9.17, 15) is 4.79 Å². The summed E-state index contributed by atoms with van der Waals surface area (Å²) >= 11 is 0. The van der Waals surface area contributed by atoms with Gasteiger partial charge in [-0.2, -0.15) is 0 Å². The summed E-state index contributed by atoms with van der Waals surface area (Å²) in [4.78, 5) is 11.4. The first kappa shape index (κ1) is 12.2. The van der Waals surface area contributed by atoms with E-state index in [1.807, 2.05) is 19.2 Å². The average molecular weight is 236 g/mol. The first-order valence-corrected chi connectivity index (χ1v) is 6.29. The van der Waals surface area contributed by atoms with Crippen LogP contribution in [-0.2, 0) is 11.3 Å².